The molecular formula is C19H21NO3S. The van der Waals surface area contributed by atoms with Crippen LogP contribution in [0, 0.1) is 0 Å². The fourth-order valence-corrected chi connectivity index (χ4v) is 2.91. The fourth-order valence-electron chi connectivity index (χ4n) is 2.14. The Hall–Kier alpha value is -2.27. The van der Waals surface area contributed by atoms with Gasteiger partial charge in [0.2, 0.25) is 5.91 Å². The average Bonchev–Trinajstić information content (AvgIpc) is 2.58. The first-order valence-corrected chi connectivity index (χ1v) is 8.72. The fraction of sp³-hybridized carbons (Fsp3) is 0.263. The van der Waals surface area contributed by atoms with Gasteiger partial charge in [0.25, 0.3) is 0 Å². The van der Waals surface area contributed by atoms with Gasteiger partial charge in [-0.2, -0.15) is 0 Å². The van der Waals surface area contributed by atoms with E-state index < -0.39 is 11.9 Å². The first-order chi connectivity index (χ1) is 11.5. The SMILES string of the molecule is CC(C)c1ccc(COC(=O)c2ccccc2SCC(N)=O)cc1. The number of amides is 1. The van der Waals surface area contributed by atoms with E-state index in [4.69, 9.17) is 10.5 Å². The maximum Gasteiger partial charge on any atom is 0.339 e. The minimum absolute atomic E-state index is 0.126. The van der Waals surface area contributed by atoms with E-state index in [-0.39, 0.29) is 12.4 Å². The lowest BCUT2D eigenvalue weighted by Crippen LogP contribution is -2.13. The lowest BCUT2D eigenvalue weighted by Gasteiger charge is -2.10. The molecule has 0 aromatic heterocycles. The van der Waals surface area contributed by atoms with Crippen molar-refractivity contribution in [1.82, 2.24) is 0 Å². The third-order valence-corrected chi connectivity index (χ3v) is 4.59. The van der Waals surface area contributed by atoms with Crippen molar-refractivity contribution in [3.05, 3.63) is 65.2 Å². The van der Waals surface area contributed by atoms with Crippen LogP contribution < -0.4 is 5.73 Å². The zero-order valence-corrected chi connectivity index (χ0v) is 14.6. The highest BCUT2D eigenvalue weighted by atomic mass is 32.2. The lowest BCUT2D eigenvalue weighted by molar-refractivity contribution is -0.115. The molecule has 0 unspecified atom stereocenters. The Bertz CT molecular complexity index is 711. The summed E-state index contributed by atoms with van der Waals surface area (Å²) in [7, 11) is 0. The normalized spacial score (nSPS) is 10.6. The second kappa shape index (κ2) is 8.55. The molecular weight excluding hydrogens is 322 g/mol. The molecule has 2 aromatic carbocycles. The van der Waals surface area contributed by atoms with E-state index in [0.717, 1.165) is 5.56 Å². The van der Waals surface area contributed by atoms with Gasteiger partial charge >= 0.3 is 5.97 Å². The number of ether oxygens (including phenoxy) is 1. The highest BCUT2D eigenvalue weighted by Gasteiger charge is 2.13. The number of thioether (sulfide) groups is 1. The molecule has 4 nitrogen and oxygen atoms in total. The largest absolute Gasteiger partial charge is 0.457 e. The quantitative estimate of drug-likeness (QED) is 0.614. The number of hydrogen-bond acceptors (Lipinski definition) is 4. The average molecular weight is 343 g/mol. The summed E-state index contributed by atoms with van der Waals surface area (Å²) in [4.78, 5) is 23.9. The summed E-state index contributed by atoms with van der Waals surface area (Å²) in [5.41, 5.74) is 7.79. The molecule has 126 valence electrons. The summed E-state index contributed by atoms with van der Waals surface area (Å²) in [5, 5.41) is 0. The van der Waals surface area contributed by atoms with Gasteiger partial charge in [0.05, 0.1) is 11.3 Å². The van der Waals surface area contributed by atoms with Crippen LogP contribution in [-0.4, -0.2) is 17.6 Å². The molecule has 0 saturated heterocycles. The van der Waals surface area contributed by atoms with E-state index in [0.29, 0.717) is 16.4 Å². The van der Waals surface area contributed by atoms with Crippen molar-refractivity contribution >= 4 is 23.6 Å². The van der Waals surface area contributed by atoms with Gasteiger partial charge in [0.1, 0.15) is 6.61 Å². The van der Waals surface area contributed by atoms with Crippen LogP contribution in [-0.2, 0) is 16.1 Å². The van der Waals surface area contributed by atoms with E-state index >= 15 is 0 Å². The molecule has 5 heteroatoms. The summed E-state index contributed by atoms with van der Waals surface area (Å²) in [5.74, 6) is -0.235. The van der Waals surface area contributed by atoms with Crippen molar-refractivity contribution in [3.63, 3.8) is 0 Å². The molecule has 0 aliphatic carbocycles. The van der Waals surface area contributed by atoms with Crippen LogP contribution in [0.4, 0.5) is 0 Å². The zero-order valence-electron chi connectivity index (χ0n) is 13.8. The third-order valence-electron chi connectivity index (χ3n) is 3.49. The highest BCUT2D eigenvalue weighted by Crippen LogP contribution is 2.23. The molecule has 0 spiro atoms. The summed E-state index contributed by atoms with van der Waals surface area (Å²) in [6.07, 6.45) is 0. The predicted molar refractivity (Wildman–Crippen MR) is 96.0 cm³/mol. The zero-order chi connectivity index (χ0) is 17.5. The summed E-state index contributed by atoms with van der Waals surface area (Å²) in [6, 6.07) is 15.1. The Morgan fingerprint density at radius 3 is 2.38 bits per heavy atom. The Labute approximate surface area is 146 Å². The Balaban J connectivity index is 2.00. The number of carbonyl (C=O) groups excluding carboxylic acids is 2. The number of rotatable bonds is 7. The first kappa shape index (κ1) is 18.1. The van der Waals surface area contributed by atoms with Gasteiger partial charge in [-0.05, 0) is 29.2 Å². The Kier molecular flexibility index (Phi) is 6.44. The van der Waals surface area contributed by atoms with Crippen molar-refractivity contribution in [2.24, 2.45) is 5.73 Å². The molecule has 0 atom stereocenters. The van der Waals surface area contributed by atoms with E-state index in [1.165, 1.54) is 17.3 Å². The molecule has 0 saturated carbocycles. The van der Waals surface area contributed by atoms with Crippen molar-refractivity contribution in [2.45, 2.75) is 31.3 Å². The van der Waals surface area contributed by atoms with Gasteiger partial charge in [-0.1, -0.05) is 50.2 Å². The number of carbonyl (C=O) groups is 2. The number of benzene rings is 2. The summed E-state index contributed by atoms with van der Waals surface area (Å²) in [6.45, 7) is 4.48. The standard InChI is InChI=1S/C19H21NO3S/c1-13(2)15-9-7-14(8-10-15)11-23-19(22)16-5-3-4-6-17(16)24-12-18(20)21/h3-10,13H,11-12H2,1-2H3,(H2,20,21). The minimum atomic E-state index is -0.423. The molecule has 2 aromatic rings. The van der Waals surface area contributed by atoms with Crippen LogP contribution in [0.25, 0.3) is 0 Å². The van der Waals surface area contributed by atoms with E-state index in [1.807, 2.05) is 30.3 Å². The summed E-state index contributed by atoms with van der Waals surface area (Å²) >= 11 is 1.23. The molecule has 0 radical (unpaired) electrons. The molecule has 0 heterocycles. The lowest BCUT2D eigenvalue weighted by atomic mass is 10.0. The molecule has 0 aliphatic rings. The minimum Gasteiger partial charge on any atom is -0.457 e. The van der Waals surface area contributed by atoms with Crippen LogP contribution in [0.15, 0.2) is 53.4 Å². The van der Waals surface area contributed by atoms with Gasteiger partial charge in [-0.15, -0.1) is 11.8 Å². The smallest absolute Gasteiger partial charge is 0.339 e. The maximum atomic E-state index is 12.3. The summed E-state index contributed by atoms with van der Waals surface area (Å²) < 4.78 is 5.39. The number of nitrogens with two attached hydrogens (primary N) is 1. The molecule has 2 rings (SSSR count). The predicted octanol–water partition coefficient (Wildman–Crippen LogP) is 3.74. The van der Waals surface area contributed by atoms with Crippen molar-refractivity contribution in [3.8, 4) is 0 Å². The Morgan fingerprint density at radius 1 is 1.08 bits per heavy atom. The van der Waals surface area contributed by atoms with Gasteiger partial charge in [-0.25, -0.2) is 4.79 Å². The van der Waals surface area contributed by atoms with Gasteiger partial charge in [0.15, 0.2) is 0 Å². The van der Waals surface area contributed by atoms with Crippen molar-refractivity contribution < 1.29 is 14.3 Å². The second-order valence-corrected chi connectivity index (χ2v) is 6.74. The monoisotopic (exact) mass is 343 g/mol. The number of esters is 1. The first-order valence-electron chi connectivity index (χ1n) is 7.73. The number of primary amides is 1. The highest BCUT2D eigenvalue weighted by molar-refractivity contribution is 8.00. The number of hydrogen-bond donors (Lipinski definition) is 1. The van der Waals surface area contributed by atoms with Crippen molar-refractivity contribution in [1.29, 1.82) is 0 Å². The van der Waals surface area contributed by atoms with Gasteiger partial charge < -0.3 is 10.5 Å². The van der Waals surface area contributed by atoms with Crippen LogP contribution in [0.5, 0.6) is 0 Å². The van der Waals surface area contributed by atoms with Crippen LogP contribution in [0.2, 0.25) is 0 Å². The molecule has 2 N–H and O–H groups in total. The third kappa shape index (κ3) is 5.13. The van der Waals surface area contributed by atoms with E-state index in [1.54, 1.807) is 18.2 Å². The van der Waals surface area contributed by atoms with E-state index in [9.17, 15) is 9.59 Å². The molecule has 0 aliphatic heterocycles. The van der Waals surface area contributed by atoms with Crippen LogP contribution >= 0.6 is 11.8 Å². The van der Waals surface area contributed by atoms with Gasteiger partial charge in [-0.3, -0.25) is 4.79 Å². The topological polar surface area (TPSA) is 69.4 Å². The molecule has 24 heavy (non-hydrogen) atoms. The second-order valence-electron chi connectivity index (χ2n) is 5.72. The molecule has 0 bridgehead atoms. The molecule has 0 fully saturated rings. The van der Waals surface area contributed by atoms with Crippen LogP contribution in [0.3, 0.4) is 0 Å². The molecule has 1 amide bonds. The Morgan fingerprint density at radius 2 is 1.75 bits per heavy atom. The van der Waals surface area contributed by atoms with E-state index in [2.05, 4.69) is 13.8 Å². The van der Waals surface area contributed by atoms with Crippen LogP contribution in [0.1, 0.15) is 41.3 Å². The maximum absolute atomic E-state index is 12.3. The van der Waals surface area contributed by atoms with Crippen molar-refractivity contribution in [2.75, 3.05) is 5.75 Å². The van der Waals surface area contributed by atoms with Gasteiger partial charge in [0, 0.05) is 4.90 Å².